The first-order valence-corrected chi connectivity index (χ1v) is 6.37. The maximum atomic E-state index is 5.09. The van der Waals surface area contributed by atoms with Crippen LogP contribution in [0.3, 0.4) is 0 Å². The van der Waals surface area contributed by atoms with E-state index < -0.39 is 0 Å². The van der Waals surface area contributed by atoms with E-state index in [1.54, 1.807) is 0 Å². The van der Waals surface area contributed by atoms with E-state index in [-0.39, 0.29) is 0 Å². The number of rotatable bonds is 3. The second kappa shape index (κ2) is 4.57. The molecular weight excluding hydrogens is 228 g/mol. The van der Waals surface area contributed by atoms with Gasteiger partial charge in [-0.15, -0.1) is 0 Å². The molecule has 18 heavy (non-hydrogen) atoms. The molecule has 0 amide bonds. The molecule has 1 fully saturated rings. The number of aromatic nitrogens is 3. The van der Waals surface area contributed by atoms with Crippen molar-refractivity contribution in [2.45, 2.75) is 32.7 Å². The Morgan fingerprint density at radius 3 is 3.06 bits per heavy atom. The zero-order valence-corrected chi connectivity index (χ0v) is 10.8. The van der Waals surface area contributed by atoms with Gasteiger partial charge in [-0.25, -0.2) is 4.98 Å². The Kier molecular flexibility index (Phi) is 2.91. The lowest BCUT2D eigenvalue weighted by atomic mass is 10.1. The number of aromatic amines is 1. The van der Waals surface area contributed by atoms with Gasteiger partial charge < -0.3 is 9.51 Å². The number of H-pyrrole nitrogens is 1. The monoisotopic (exact) mass is 246 g/mol. The topological polar surface area (TPSA) is 58.0 Å². The first kappa shape index (κ1) is 11.5. The molecule has 1 aliphatic rings. The largest absolute Gasteiger partial charge is 0.361 e. The summed E-state index contributed by atoms with van der Waals surface area (Å²) in [5.41, 5.74) is 2.15. The van der Waals surface area contributed by atoms with Crippen LogP contribution in [-0.4, -0.2) is 33.1 Å². The number of aryl methyl sites for hydroxylation is 2. The first-order valence-electron chi connectivity index (χ1n) is 6.37. The van der Waals surface area contributed by atoms with E-state index in [1.165, 1.54) is 0 Å². The van der Waals surface area contributed by atoms with Crippen molar-refractivity contribution in [2.75, 3.05) is 13.1 Å². The minimum absolute atomic E-state index is 0.520. The number of hydrogen-bond acceptors (Lipinski definition) is 4. The zero-order chi connectivity index (χ0) is 12.5. The van der Waals surface area contributed by atoms with Gasteiger partial charge in [0.2, 0.25) is 0 Å². The van der Waals surface area contributed by atoms with E-state index in [9.17, 15) is 0 Å². The summed E-state index contributed by atoms with van der Waals surface area (Å²) in [5.74, 6) is 2.51. The average Bonchev–Trinajstić information content (AvgIpc) is 3.01. The van der Waals surface area contributed by atoms with Gasteiger partial charge in [-0.2, -0.15) is 0 Å². The average molecular weight is 246 g/mol. The predicted molar refractivity (Wildman–Crippen MR) is 67.2 cm³/mol. The summed E-state index contributed by atoms with van der Waals surface area (Å²) in [6.45, 7) is 6.97. The molecule has 2 aromatic rings. The summed E-state index contributed by atoms with van der Waals surface area (Å²) in [6.07, 6.45) is 3.06. The molecule has 5 heteroatoms. The maximum absolute atomic E-state index is 5.09. The van der Waals surface area contributed by atoms with Crippen molar-refractivity contribution in [3.63, 3.8) is 0 Å². The lowest BCUT2D eigenvalue weighted by Gasteiger charge is -2.13. The SMILES string of the molecule is Cc1cnc([C@H]2CCN(Cc3cc(C)on3)C2)[nH]1. The van der Waals surface area contributed by atoms with E-state index in [4.69, 9.17) is 4.52 Å². The Morgan fingerprint density at radius 1 is 1.50 bits per heavy atom. The Bertz CT molecular complexity index is 531. The number of imidazole rings is 1. The molecule has 5 nitrogen and oxygen atoms in total. The van der Waals surface area contributed by atoms with Crippen molar-refractivity contribution in [2.24, 2.45) is 0 Å². The van der Waals surface area contributed by atoms with Crippen LogP contribution in [0.2, 0.25) is 0 Å². The standard InChI is InChI=1S/C13H18N4O/c1-9-6-14-13(15-9)11-3-4-17(7-11)8-12-5-10(2)18-16-12/h5-6,11H,3-4,7-8H2,1-2H3,(H,14,15)/t11-/m0/s1. The third-order valence-electron chi connectivity index (χ3n) is 3.44. The molecule has 2 aromatic heterocycles. The lowest BCUT2D eigenvalue weighted by Crippen LogP contribution is -2.20. The van der Waals surface area contributed by atoms with Crippen LogP contribution in [0, 0.1) is 13.8 Å². The second-order valence-corrected chi connectivity index (χ2v) is 5.10. The molecule has 0 aliphatic carbocycles. The zero-order valence-electron chi connectivity index (χ0n) is 10.8. The normalized spacial score (nSPS) is 20.7. The predicted octanol–water partition coefficient (Wildman–Crippen LogP) is 2.00. The lowest BCUT2D eigenvalue weighted by molar-refractivity contribution is 0.307. The Morgan fingerprint density at radius 2 is 2.39 bits per heavy atom. The third kappa shape index (κ3) is 2.31. The Balaban J connectivity index is 1.61. The fraction of sp³-hybridized carbons (Fsp3) is 0.538. The maximum Gasteiger partial charge on any atom is 0.133 e. The van der Waals surface area contributed by atoms with Crippen molar-refractivity contribution in [1.29, 1.82) is 0 Å². The molecule has 0 bridgehead atoms. The van der Waals surface area contributed by atoms with Crippen LogP contribution < -0.4 is 0 Å². The smallest absolute Gasteiger partial charge is 0.133 e. The fourth-order valence-corrected chi connectivity index (χ4v) is 2.56. The summed E-state index contributed by atoms with van der Waals surface area (Å²) >= 11 is 0. The van der Waals surface area contributed by atoms with E-state index >= 15 is 0 Å². The molecule has 0 radical (unpaired) electrons. The first-order chi connectivity index (χ1) is 8.70. The highest BCUT2D eigenvalue weighted by atomic mass is 16.5. The minimum Gasteiger partial charge on any atom is -0.361 e. The van der Waals surface area contributed by atoms with E-state index in [1.807, 2.05) is 26.1 Å². The van der Waals surface area contributed by atoms with E-state index in [2.05, 4.69) is 20.0 Å². The van der Waals surface area contributed by atoms with Gasteiger partial charge in [-0.1, -0.05) is 5.16 Å². The van der Waals surface area contributed by atoms with Crippen LogP contribution >= 0.6 is 0 Å². The van der Waals surface area contributed by atoms with E-state index in [0.29, 0.717) is 5.92 Å². The summed E-state index contributed by atoms with van der Waals surface area (Å²) in [4.78, 5) is 10.2. The van der Waals surface area contributed by atoms with Crippen molar-refractivity contribution >= 4 is 0 Å². The van der Waals surface area contributed by atoms with Gasteiger partial charge in [0.1, 0.15) is 11.6 Å². The Hall–Kier alpha value is -1.62. The summed E-state index contributed by atoms with van der Waals surface area (Å²) in [7, 11) is 0. The highest BCUT2D eigenvalue weighted by molar-refractivity contribution is 5.08. The second-order valence-electron chi connectivity index (χ2n) is 5.10. The van der Waals surface area contributed by atoms with Crippen LogP contribution in [0.1, 0.15) is 35.3 Å². The van der Waals surface area contributed by atoms with Gasteiger partial charge in [0.15, 0.2) is 0 Å². The van der Waals surface area contributed by atoms with Crippen LogP contribution in [-0.2, 0) is 6.54 Å². The van der Waals surface area contributed by atoms with Crippen LogP contribution in [0.5, 0.6) is 0 Å². The summed E-state index contributed by atoms with van der Waals surface area (Å²) < 4.78 is 5.09. The molecule has 3 rings (SSSR count). The molecule has 0 unspecified atom stereocenters. The molecule has 1 saturated heterocycles. The van der Waals surface area contributed by atoms with Crippen LogP contribution in [0.4, 0.5) is 0 Å². The third-order valence-corrected chi connectivity index (χ3v) is 3.44. The van der Waals surface area contributed by atoms with Gasteiger partial charge >= 0.3 is 0 Å². The quantitative estimate of drug-likeness (QED) is 0.900. The summed E-state index contributed by atoms with van der Waals surface area (Å²) in [5, 5.41) is 4.04. The van der Waals surface area contributed by atoms with Crippen molar-refractivity contribution in [3.8, 4) is 0 Å². The van der Waals surface area contributed by atoms with Gasteiger partial charge in [0.05, 0.1) is 5.69 Å². The number of nitrogens with zero attached hydrogens (tertiary/aromatic N) is 3. The van der Waals surface area contributed by atoms with Crippen molar-refractivity contribution in [3.05, 3.63) is 35.2 Å². The van der Waals surface area contributed by atoms with Crippen LogP contribution in [0.15, 0.2) is 16.8 Å². The van der Waals surface area contributed by atoms with Crippen molar-refractivity contribution in [1.82, 2.24) is 20.0 Å². The van der Waals surface area contributed by atoms with Gasteiger partial charge in [0, 0.05) is 37.0 Å². The molecule has 1 atom stereocenters. The molecule has 1 N–H and O–H groups in total. The minimum atomic E-state index is 0.520. The molecule has 1 aliphatic heterocycles. The van der Waals surface area contributed by atoms with Crippen molar-refractivity contribution < 1.29 is 4.52 Å². The highest BCUT2D eigenvalue weighted by Crippen LogP contribution is 2.26. The summed E-state index contributed by atoms with van der Waals surface area (Å²) in [6, 6.07) is 2.00. The van der Waals surface area contributed by atoms with Gasteiger partial charge in [0.25, 0.3) is 0 Å². The van der Waals surface area contributed by atoms with Crippen LogP contribution in [0.25, 0.3) is 0 Å². The molecule has 0 aromatic carbocycles. The molecule has 3 heterocycles. The van der Waals surface area contributed by atoms with E-state index in [0.717, 1.165) is 49.0 Å². The van der Waals surface area contributed by atoms with Gasteiger partial charge in [-0.05, 0) is 26.8 Å². The Labute approximate surface area is 106 Å². The molecule has 0 saturated carbocycles. The van der Waals surface area contributed by atoms with Gasteiger partial charge in [-0.3, -0.25) is 4.90 Å². The molecule has 96 valence electrons. The number of nitrogens with one attached hydrogen (secondary N) is 1. The number of likely N-dealkylation sites (tertiary alicyclic amines) is 1. The molecular formula is C13H18N4O. The highest BCUT2D eigenvalue weighted by Gasteiger charge is 2.26. The number of hydrogen-bond donors (Lipinski definition) is 1. The fourth-order valence-electron chi connectivity index (χ4n) is 2.56. The molecule has 0 spiro atoms.